The highest BCUT2D eigenvalue weighted by Crippen LogP contribution is 2.15. The Kier molecular flexibility index (Phi) is 7.03. The van der Waals surface area contributed by atoms with Crippen LogP contribution in [-0.4, -0.2) is 41.5 Å². The minimum Gasteiger partial charge on any atom is -0.494 e. The molecular weight excluding hydrogens is 276 g/mol. The number of aliphatic hydroxyl groups is 1. The van der Waals surface area contributed by atoms with Gasteiger partial charge in [0.2, 0.25) is 0 Å². The van der Waals surface area contributed by atoms with Crippen LogP contribution in [0.5, 0.6) is 5.75 Å². The van der Waals surface area contributed by atoms with E-state index in [2.05, 4.69) is 10.6 Å². The molecule has 7 nitrogen and oxygen atoms in total. The van der Waals surface area contributed by atoms with Crippen molar-refractivity contribution >= 4 is 17.7 Å². The third kappa shape index (κ3) is 6.13. The van der Waals surface area contributed by atoms with Crippen LogP contribution in [0.1, 0.15) is 19.8 Å². The topological polar surface area (TPSA) is 108 Å². The van der Waals surface area contributed by atoms with Gasteiger partial charge in [0.25, 0.3) is 0 Å². The highest BCUT2D eigenvalue weighted by atomic mass is 16.5. The molecule has 0 aliphatic rings. The highest BCUT2D eigenvalue weighted by Gasteiger charge is 2.19. The summed E-state index contributed by atoms with van der Waals surface area (Å²) < 4.78 is 5.41. The smallest absolute Gasteiger partial charge is 0.326 e. The SMILES string of the molecule is CCCOc1ccc(NC(=O)N[C@H](CCO)C(=O)O)cc1. The molecule has 0 aliphatic carbocycles. The zero-order chi connectivity index (χ0) is 15.7. The fraction of sp³-hybridized carbons (Fsp3) is 0.429. The summed E-state index contributed by atoms with van der Waals surface area (Å²) in [5.74, 6) is -0.492. The van der Waals surface area contributed by atoms with E-state index >= 15 is 0 Å². The third-order valence-corrected chi connectivity index (χ3v) is 2.61. The van der Waals surface area contributed by atoms with Crippen LogP contribution in [0.2, 0.25) is 0 Å². The van der Waals surface area contributed by atoms with Crippen LogP contribution in [0.25, 0.3) is 0 Å². The number of aliphatic carboxylic acids is 1. The van der Waals surface area contributed by atoms with Crippen molar-refractivity contribution in [1.29, 1.82) is 0 Å². The number of carboxylic acids is 1. The second kappa shape index (κ2) is 8.80. The Labute approximate surface area is 122 Å². The lowest BCUT2D eigenvalue weighted by atomic mass is 10.2. The number of benzene rings is 1. The molecule has 1 aromatic carbocycles. The first-order valence-corrected chi connectivity index (χ1v) is 6.70. The van der Waals surface area contributed by atoms with Gasteiger partial charge in [0, 0.05) is 18.7 Å². The third-order valence-electron chi connectivity index (χ3n) is 2.61. The van der Waals surface area contributed by atoms with E-state index in [0.29, 0.717) is 18.0 Å². The van der Waals surface area contributed by atoms with E-state index in [-0.39, 0.29) is 13.0 Å². The molecule has 0 spiro atoms. The van der Waals surface area contributed by atoms with Crippen LogP contribution < -0.4 is 15.4 Å². The van der Waals surface area contributed by atoms with Crippen molar-refractivity contribution in [1.82, 2.24) is 5.32 Å². The molecule has 1 atom stereocenters. The van der Waals surface area contributed by atoms with Gasteiger partial charge in [0.1, 0.15) is 11.8 Å². The molecule has 21 heavy (non-hydrogen) atoms. The minimum absolute atomic E-state index is 0.0491. The van der Waals surface area contributed by atoms with Crippen molar-refractivity contribution in [2.75, 3.05) is 18.5 Å². The number of hydrogen-bond donors (Lipinski definition) is 4. The number of amides is 2. The van der Waals surface area contributed by atoms with Crippen molar-refractivity contribution in [2.45, 2.75) is 25.8 Å². The van der Waals surface area contributed by atoms with Gasteiger partial charge in [0.05, 0.1) is 6.61 Å². The first-order valence-electron chi connectivity index (χ1n) is 6.70. The normalized spacial score (nSPS) is 11.5. The summed E-state index contributed by atoms with van der Waals surface area (Å²) >= 11 is 0. The van der Waals surface area contributed by atoms with Gasteiger partial charge in [-0.3, -0.25) is 0 Å². The van der Waals surface area contributed by atoms with Gasteiger partial charge in [-0.05, 0) is 30.7 Å². The summed E-state index contributed by atoms with van der Waals surface area (Å²) in [5, 5.41) is 22.4. The average molecular weight is 296 g/mol. The van der Waals surface area contributed by atoms with E-state index in [9.17, 15) is 9.59 Å². The number of nitrogens with one attached hydrogen (secondary N) is 2. The first kappa shape index (κ1) is 16.8. The van der Waals surface area contributed by atoms with Crippen LogP contribution >= 0.6 is 0 Å². The molecule has 116 valence electrons. The van der Waals surface area contributed by atoms with Crippen molar-refractivity contribution in [3.05, 3.63) is 24.3 Å². The molecular formula is C14H20N2O5. The van der Waals surface area contributed by atoms with Crippen LogP contribution in [0.4, 0.5) is 10.5 Å². The molecule has 7 heteroatoms. The van der Waals surface area contributed by atoms with Crippen LogP contribution in [0.3, 0.4) is 0 Å². The lowest BCUT2D eigenvalue weighted by Crippen LogP contribution is -2.43. The van der Waals surface area contributed by atoms with E-state index in [4.69, 9.17) is 14.9 Å². The van der Waals surface area contributed by atoms with E-state index in [1.54, 1.807) is 24.3 Å². The molecule has 0 unspecified atom stereocenters. The molecule has 0 aliphatic heterocycles. The number of carbonyl (C=O) groups excluding carboxylic acids is 1. The predicted molar refractivity (Wildman–Crippen MR) is 77.5 cm³/mol. The van der Waals surface area contributed by atoms with Gasteiger partial charge in [-0.15, -0.1) is 0 Å². The lowest BCUT2D eigenvalue weighted by Gasteiger charge is -2.14. The Morgan fingerprint density at radius 2 is 1.95 bits per heavy atom. The standard InChI is InChI=1S/C14H20N2O5/c1-2-9-21-11-5-3-10(4-6-11)15-14(20)16-12(7-8-17)13(18)19/h3-6,12,17H,2,7-9H2,1H3,(H,18,19)(H2,15,16,20)/t12-/m1/s1. The molecule has 0 saturated carbocycles. The van der Waals surface area contributed by atoms with Gasteiger partial charge in [-0.2, -0.15) is 0 Å². The number of carboxylic acid groups (broad SMARTS) is 1. The number of rotatable bonds is 8. The predicted octanol–water partition coefficient (Wildman–Crippen LogP) is 1.43. The molecule has 2 amide bonds. The number of hydrogen-bond acceptors (Lipinski definition) is 4. The number of aliphatic hydroxyl groups excluding tert-OH is 1. The van der Waals surface area contributed by atoms with Crippen LogP contribution in [-0.2, 0) is 4.79 Å². The zero-order valence-electron chi connectivity index (χ0n) is 11.8. The Morgan fingerprint density at radius 1 is 1.29 bits per heavy atom. The number of ether oxygens (including phenoxy) is 1. The molecule has 0 aromatic heterocycles. The summed E-state index contributed by atoms with van der Waals surface area (Å²) in [6.45, 7) is 2.31. The molecule has 1 aromatic rings. The lowest BCUT2D eigenvalue weighted by molar-refractivity contribution is -0.139. The zero-order valence-corrected chi connectivity index (χ0v) is 11.8. The molecule has 0 fully saturated rings. The van der Waals surface area contributed by atoms with Gasteiger partial charge in [-0.1, -0.05) is 6.92 Å². The second-order valence-corrected chi connectivity index (χ2v) is 4.37. The fourth-order valence-corrected chi connectivity index (χ4v) is 1.57. The molecule has 0 saturated heterocycles. The minimum atomic E-state index is -1.19. The Balaban J connectivity index is 2.52. The monoisotopic (exact) mass is 296 g/mol. The van der Waals surface area contributed by atoms with E-state index in [1.165, 1.54) is 0 Å². The van der Waals surface area contributed by atoms with E-state index < -0.39 is 18.0 Å². The number of carbonyl (C=O) groups is 2. The van der Waals surface area contributed by atoms with E-state index in [1.807, 2.05) is 6.92 Å². The maximum absolute atomic E-state index is 11.7. The van der Waals surface area contributed by atoms with Gasteiger partial charge in [-0.25, -0.2) is 9.59 Å². The van der Waals surface area contributed by atoms with Gasteiger partial charge < -0.3 is 25.6 Å². The quantitative estimate of drug-likeness (QED) is 0.580. The maximum Gasteiger partial charge on any atom is 0.326 e. The molecule has 0 heterocycles. The summed E-state index contributed by atoms with van der Waals surface area (Å²) in [6, 6.07) is 4.99. The molecule has 0 radical (unpaired) electrons. The first-order chi connectivity index (χ1) is 10.1. The number of urea groups is 1. The molecule has 0 bridgehead atoms. The van der Waals surface area contributed by atoms with Crippen molar-refractivity contribution in [2.24, 2.45) is 0 Å². The maximum atomic E-state index is 11.7. The second-order valence-electron chi connectivity index (χ2n) is 4.37. The van der Waals surface area contributed by atoms with Crippen molar-refractivity contribution < 1.29 is 24.5 Å². The van der Waals surface area contributed by atoms with Crippen molar-refractivity contribution in [3.8, 4) is 5.75 Å². The summed E-state index contributed by atoms with van der Waals surface area (Å²) in [5.41, 5.74) is 0.518. The van der Waals surface area contributed by atoms with Gasteiger partial charge >= 0.3 is 12.0 Å². The summed E-state index contributed by atoms with van der Waals surface area (Å²) in [7, 11) is 0. The largest absolute Gasteiger partial charge is 0.494 e. The summed E-state index contributed by atoms with van der Waals surface area (Å²) in [6.07, 6.45) is 0.858. The Bertz CT molecular complexity index is 461. The Morgan fingerprint density at radius 3 is 2.48 bits per heavy atom. The molecule has 4 N–H and O–H groups in total. The van der Waals surface area contributed by atoms with E-state index in [0.717, 1.165) is 6.42 Å². The number of anilines is 1. The van der Waals surface area contributed by atoms with Crippen molar-refractivity contribution in [3.63, 3.8) is 0 Å². The average Bonchev–Trinajstić information content (AvgIpc) is 2.46. The van der Waals surface area contributed by atoms with Crippen LogP contribution in [0, 0.1) is 0 Å². The summed E-state index contributed by atoms with van der Waals surface area (Å²) in [4.78, 5) is 22.5. The molecule has 1 rings (SSSR count). The fourth-order valence-electron chi connectivity index (χ4n) is 1.57. The van der Waals surface area contributed by atoms with Gasteiger partial charge in [0.15, 0.2) is 0 Å². The highest BCUT2D eigenvalue weighted by molar-refractivity contribution is 5.92. The Hall–Kier alpha value is -2.28. The van der Waals surface area contributed by atoms with Crippen LogP contribution in [0.15, 0.2) is 24.3 Å².